The molecule has 0 unspecified atom stereocenters. The predicted molar refractivity (Wildman–Crippen MR) is 63.2 cm³/mol. The Hall–Kier alpha value is -1.13. The third-order valence-electron chi connectivity index (χ3n) is 1.97. The fraction of sp³-hybridized carbons (Fsp3) is 0.300. The number of sulfonamides is 1. The van der Waals surface area contributed by atoms with E-state index in [1.807, 2.05) is 6.07 Å². The van der Waals surface area contributed by atoms with Crippen LogP contribution in [0.4, 0.5) is 0 Å². The van der Waals surface area contributed by atoms with Crippen molar-refractivity contribution in [2.45, 2.75) is 4.90 Å². The molecule has 1 N–H and O–H groups in total. The molecule has 0 saturated heterocycles. The molecular weight excluding hydrogens is 264 g/mol. The lowest BCUT2D eigenvalue weighted by Crippen LogP contribution is -2.27. The van der Waals surface area contributed by atoms with Crippen LogP contribution in [0.15, 0.2) is 23.1 Å². The number of hydrogen-bond donors (Lipinski definition) is 1. The Balaban J connectivity index is 2.93. The summed E-state index contributed by atoms with van der Waals surface area (Å²) in [7, 11) is -2.12. The highest BCUT2D eigenvalue weighted by atomic mass is 35.5. The summed E-state index contributed by atoms with van der Waals surface area (Å²) in [6, 6.07) is 5.81. The molecule has 0 spiro atoms. The van der Waals surface area contributed by atoms with Crippen molar-refractivity contribution < 1.29 is 13.2 Å². The van der Waals surface area contributed by atoms with Gasteiger partial charge in [-0.2, -0.15) is 5.26 Å². The highest BCUT2D eigenvalue weighted by Crippen LogP contribution is 2.19. The molecule has 0 heterocycles. The summed E-state index contributed by atoms with van der Waals surface area (Å²) in [5, 5.41) is 8.78. The summed E-state index contributed by atoms with van der Waals surface area (Å²) in [6.07, 6.45) is 0. The summed E-state index contributed by atoms with van der Waals surface area (Å²) in [4.78, 5) is 0.0256. The third kappa shape index (κ3) is 3.68. The second kappa shape index (κ2) is 5.98. The van der Waals surface area contributed by atoms with Gasteiger partial charge in [-0.05, 0) is 18.2 Å². The number of nitrogens with one attached hydrogen (secondary N) is 1. The van der Waals surface area contributed by atoms with Crippen LogP contribution in [0.2, 0.25) is 5.02 Å². The zero-order valence-electron chi connectivity index (χ0n) is 9.10. The van der Waals surface area contributed by atoms with Gasteiger partial charge in [0.15, 0.2) is 0 Å². The average Bonchev–Trinajstić information content (AvgIpc) is 2.29. The minimum atomic E-state index is -3.60. The molecule has 0 radical (unpaired) electrons. The molecule has 0 aromatic heterocycles. The van der Waals surface area contributed by atoms with E-state index in [0.717, 1.165) is 0 Å². The van der Waals surface area contributed by atoms with Crippen molar-refractivity contribution in [2.24, 2.45) is 0 Å². The number of benzene rings is 1. The maximum Gasteiger partial charge on any atom is 0.240 e. The van der Waals surface area contributed by atoms with E-state index < -0.39 is 10.0 Å². The standard InChI is InChI=1S/C10H11ClN2O3S/c1-16-5-4-13-17(14,15)9-3-2-8(7-12)10(11)6-9/h2-3,6,13H,4-5H2,1H3. The highest BCUT2D eigenvalue weighted by molar-refractivity contribution is 7.89. The molecule has 0 aliphatic heterocycles. The van der Waals surface area contributed by atoms with Gasteiger partial charge in [-0.25, -0.2) is 13.1 Å². The van der Waals surface area contributed by atoms with Gasteiger partial charge in [-0.1, -0.05) is 11.6 Å². The van der Waals surface area contributed by atoms with Gasteiger partial charge in [-0.15, -0.1) is 0 Å². The van der Waals surface area contributed by atoms with E-state index in [1.165, 1.54) is 25.3 Å². The molecule has 0 bridgehead atoms. The van der Waals surface area contributed by atoms with Crippen molar-refractivity contribution >= 4 is 21.6 Å². The Labute approximate surface area is 105 Å². The van der Waals surface area contributed by atoms with Crippen LogP contribution in [-0.2, 0) is 14.8 Å². The Kier molecular flexibility index (Phi) is 4.90. The highest BCUT2D eigenvalue weighted by Gasteiger charge is 2.14. The first-order valence-corrected chi connectivity index (χ1v) is 6.55. The zero-order chi connectivity index (χ0) is 12.9. The lowest BCUT2D eigenvalue weighted by molar-refractivity contribution is 0.204. The fourth-order valence-corrected chi connectivity index (χ4v) is 2.44. The number of halogens is 1. The third-order valence-corrected chi connectivity index (χ3v) is 3.74. The second-order valence-electron chi connectivity index (χ2n) is 3.14. The van der Waals surface area contributed by atoms with Gasteiger partial charge in [-0.3, -0.25) is 0 Å². The summed E-state index contributed by atoms with van der Waals surface area (Å²) in [5.41, 5.74) is 0.238. The molecular formula is C10H11ClN2O3S. The molecule has 0 aliphatic carbocycles. The summed E-state index contributed by atoms with van der Waals surface area (Å²) >= 11 is 5.76. The van der Waals surface area contributed by atoms with Gasteiger partial charge in [0.25, 0.3) is 0 Å². The number of methoxy groups -OCH3 is 1. The quantitative estimate of drug-likeness (QED) is 0.817. The van der Waals surface area contributed by atoms with E-state index in [4.69, 9.17) is 21.6 Å². The molecule has 7 heteroatoms. The Morgan fingerprint density at radius 2 is 2.24 bits per heavy atom. The van der Waals surface area contributed by atoms with E-state index in [-0.39, 0.29) is 28.6 Å². The summed E-state index contributed by atoms with van der Waals surface area (Å²) in [6.45, 7) is 0.458. The molecule has 0 saturated carbocycles. The predicted octanol–water partition coefficient (Wildman–Crippen LogP) is 1.14. The number of nitriles is 1. The molecule has 17 heavy (non-hydrogen) atoms. The first kappa shape index (κ1) is 13.9. The molecule has 0 fully saturated rings. The molecule has 1 aromatic rings. The monoisotopic (exact) mass is 274 g/mol. The fourth-order valence-electron chi connectivity index (χ4n) is 1.12. The Morgan fingerprint density at radius 1 is 1.53 bits per heavy atom. The minimum Gasteiger partial charge on any atom is -0.383 e. The van der Waals surface area contributed by atoms with Gasteiger partial charge in [0.05, 0.1) is 22.1 Å². The maximum absolute atomic E-state index is 11.8. The first-order chi connectivity index (χ1) is 8.01. The minimum absolute atomic E-state index is 0.0256. The molecule has 1 rings (SSSR count). The molecule has 92 valence electrons. The van der Waals surface area contributed by atoms with Gasteiger partial charge in [0.2, 0.25) is 10.0 Å². The van der Waals surface area contributed by atoms with Crippen LogP contribution < -0.4 is 4.72 Å². The summed E-state index contributed by atoms with van der Waals surface area (Å²) in [5.74, 6) is 0. The normalized spacial score (nSPS) is 11.1. The molecule has 0 amide bonds. The topological polar surface area (TPSA) is 79.2 Å². The Bertz CT molecular complexity index is 537. The first-order valence-electron chi connectivity index (χ1n) is 4.69. The van der Waals surface area contributed by atoms with E-state index >= 15 is 0 Å². The van der Waals surface area contributed by atoms with E-state index in [1.54, 1.807) is 0 Å². The van der Waals surface area contributed by atoms with Crippen LogP contribution >= 0.6 is 11.6 Å². The number of rotatable bonds is 5. The van der Waals surface area contributed by atoms with Crippen LogP contribution in [0.3, 0.4) is 0 Å². The number of hydrogen-bond acceptors (Lipinski definition) is 4. The van der Waals surface area contributed by atoms with E-state index in [0.29, 0.717) is 0 Å². The molecule has 1 aromatic carbocycles. The van der Waals surface area contributed by atoms with Crippen LogP contribution in [-0.4, -0.2) is 28.7 Å². The van der Waals surface area contributed by atoms with Crippen molar-refractivity contribution in [1.82, 2.24) is 4.72 Å². The second-order valence-corrected chi connectivity index (χ2v) is 5.32. The van der Waals surface area contributed by atoms with Gasteiger partial charge >= 0.3 is 0 Å². The van der Waals surface area contributed by atoms with Crippen molar-refractivity contribution in [2.75, 3.05) is 20.3 Å². The van der Waals surface area contributed by atoms with Crippen molar-refractivity contribution in [3.05, 3.63) is 28.8 Å². The molecule has 0 atom stereocenters. The summed E-state index contributed by atoms with van der Waals surface area (Å²) < 4.78 is 30.6. The zero-order valence-corrected chi connectivity index (χ0v) is 10.7. The largest absolute Gasteiger partial charge is 0.383 e. The maximum atomic E-state index is 11.8. The van der Waals surface area contributed by atoms with E-state index in [2.05, 4.69) is 4.72 Å². The molecule has 5 nitrogen and oxygen atoms in total. The van der Waals surface area contributed by atoms with Crippen molar-refractivity contribution in [3.8, 4) is 6.07 Å². The average molecular weight is 275 g/mol. The van der Waals surface area contributed by atoms with Crippen molar-refractivity contribution in [3.63, 3.8) is 0 Å². The van der Waals surface area contributed by atoms with Gasteiger partial charge in [0, 0.05) is 13.7 Å². The smallest absolute Gasteiger partial charge is 0.240 e. The van der Waals surface area contributed by atoms with Gasteiger partial charge < -0.3 is 4.74 Å². The van der Waals surface area contributed by atoms with Crippen LogP contribution in [0.5, 0.6) is 0 Å². The molecule has 0 aliphatic rings. The van der Waals surface area contributed by atoms with Crippen LogP contribution in [0, 0.1) is 11.3 Å². The van der Waals surface area contributed by atoms with Crippen LogP contribution in [0.1, 0.15) is 5.56 Å². The lowest BCUT2D eigenvalue weighted by Gasteiger charge is -2.06. The Morgan fingerprint density at radius 3 is 2.76 bits per heavy atom. The van der Waals surface area contributed by atoms with Crippen molar-refractivity contribution in [1.29, 1.82) is 5.26 Å². The lowest BCUT2D eigenvalue weighted by atomic mass is 10.2. The van der Waals surface area contributed by atoms with Crippen LogP contribution in [0.25, 0.3) is 0 Å². The van der Waals surface area contributed by atoms with E-state index in [9.17, 15) is 8.42 Å². The van der Waals surface area contributed by atoms with Gasteiger partial charge in [0.1, 0.15) is 6.07 Å². The SMILES string of the molecule is COCCNS(=O)(=O)c1ccc(C#N)c(Cl)c1. The number of ether oxygens (including phenoxy) is 1. The number of nitrogens with zero attached hydrogens (tertiary/aromatic N) is 1.